The molecule has 244 valence electrons. The minimum atomic E-state index is -0.871. The van der Waals surface area contributed by atoms with Gasteiger partial charge in [0.25, 0.3) is 0 Å². The van der Waals surface area contributed by atoms with Crippen molar-refractivity contribution in [3.05, 3.63) is 29.8 Å². The number of carbonyl (C=O) groups excluding carboxylic acids is 4. The van der Waals surface area contributed by atoms with Crippen molar-refractivity contribution in [2.75, 3.05) is 20.2 Å². The second kappa shape index (κ2) is 18.5. The lowest BCUT2D eigenvalue weighted by atomic mass is 9.89. The number of carbonyl (C=O) groups is 4. The van der Waals surface area contributed by atoms with E-state index in [1.807, 2.05) is 45.0 Å². The van der Waals surface area contributed by atoms with Gasteiger partial charge in [0.1, 0.15) is 23.0 Å². The summed E-state index contributed by atoms with van der Waals surface area (Å²) >= 11 is 0. The van der Waals surface area contributed by atoms with Crippen molar-refractivity contribution in [3.63, 3.8) is 0 Å². The first-order valence-electron chi connectivity index (χ1n) is 15.2. The predicted octanol–water partition coefficient (Wildman–Crippen LogP) is 3.79. The summed E-state index contributed by atoms with van der Waals surface area (Å²) in [5.74, 6) is -1.47. The van der Waals surface area contributed by atoms with E-state index in [1.165, 1.54) is 7.11 Å². The van der Waals surface area contributed by atoms with Crippen LogP contribution in [0.3, 0.4) is 0 Å². The third kappa shape index (κ3) is 16.3. The van der Waals surface area contributed by atoms with Crippen molar-refractivity contribution in [3.8, 4) is 5.75 Å². The maximum absolute atomic E-state index is 13.6. The number of methoxy groups -OCH3 is 1. The Morgan fingerprint density at radius 1 is 0.791 bits per heavy atom. The third-order valence-electron chi connectivity index (χ3n) is 6.42. The maximum Gasteiger partial charge on any atom is 0.408 e. The van der Waals surface area contributed by atoms with Crippen LogP contribution < -0.4 is 26.8 Å². The van der Waals surface area contributed by atoms with Crippen molar-refractivity contribution >= 4 is 23.8 Å². The van der Waals surface area contributed by atoms with Crippen LogP contribution in [-0.4, -0.2) is 67.2 Å². The van der Waals surface area contributed by atoms with Crippen LogP contribution in [0.1, 0.15) is 92.1 Å². The summed E-state index contributed by atoms with van der Waals surface area (Å²) in [4.78, 5) is 52.3. The van der Waals surface area contributed by atoms with Crippen LogP contribution in [0.15, 0.2) is 24.3 Å². The highest BCUT2D eigenvalue weighted by atomic mass is 16.6. The summed E-state index contributed by atoms with van der Waals surface area (Å²) in [6.07, 6.45) is 2.67. The fourth-order valence-corrected chi connectivity index (χ4v) is 4.40. The number of nitrogens with one attached hydrogen (secondary N) is 2. The van der Waals surface area contributed by atoms with E-state index in [2.05, 4.69) is 10.6 Å². The molecule has 0 spiro atoms. The van der Waals surface area contributed by atoms with Gasteiger partial charge in [-0.25, -0.2) is 9.59 Å². The van der Waals surface area contributed by atoms with Crippen LogP contribution in [-0.2, 0) is 30.3 Å². The number of nitrogens with two attached hydrogens (primary N) is 2. The molecule has 0 aromatic heterocycles. The average molecular weight is 607 g/mol. The number of rotatable bonds is 18. The Hall–Kier alpha value is -3.18. The summed E-state index contributed by atoms with van der Waals surface area (Å²) in [6, 6.07) is 5.61. The number of unbranched alkanes of at least 4 members (excludes halogenated alkanes) is 2. The lowest BCUT2D eigenvalue weighted by molar-refractivity contribution is -0.146. The van der Waals surface area contributed by atoms with Gasteiger partial charge < -0.3 is 36.3 Å². The molecule has 1 aromatic carbocycles. The van der Waals surface area contributed by atoms with E-state index in [1.54, 1.807) is 20.8 Å². The number of ether oxygens (including phenoxy) is 3. The van der Waals surface area contributed by atoms with Crippen molar-refractivity contribution in [1.82, 2.24) is 10.6 Å². The van der Waals surface area contributed by atoms with Gasteiger partial charge in [-0.2, -0.15) is 0 Å². The zero-order chi connectivity index (χ0) is 32.6. The predicted molar refractivity (Wildman–Crippen MR) is 167 cm³/mol. The number of hydrogen-bond donors (Lipinski definition) is 4. The van der Waals surface area contributed by atoms with Crippen LogP contribution in [0.25, 0.3) is 0 Å². The molecule has 11 nitrogen and oxygen atoms in total. The molecule has 2 amide bonds. The molecule has 11 heteroatoms. The second-order valence-electron chi connectivity index (χ2n) is 12.8. The largest absolute Gasteiger partial charge is 0.488 e. The van der Waals surface area contributed by atoms with E-state index >= 15 is 0 Å². The van der Waals surface area contributed by atoms with Gasteiger partial charge in [0.15, 0.2) is 5.78 Å². The zero-order valence-corrected chi connectivity index (χ0v) is 27.1. The molecule has 1 unspecified atom stereocenters. The summed E-state index contributed by atoms with van der Waals surface area (Å²) in [5.41, 5.74) is 10.9. The number of Topliss-reactive ketones (excluding diaryl/α,β-unsaturated/α-hetero) is 1. The number of alkyl carbamates (subject to hydrolysis) is 1. The molecule has 0 saturated heterocycles. The Morgan fingerprint density at radius 3 is 1.84 bits per heavy atom. The van der Waals surface area contributed by atoms with Gasteiger partial charge in [-0.3, -0.25) is 9.59 Å². The van der Waals surface area contributed by atoms with Crippen molar-refractivity contribution < 1.29 is 33.4 Å². The molecule has 0 aliphatic rings. The van der Waals surface area contributed by atoms with Crippen molar-refractivity contribution in [2.45, 2.75) is 116 Å². The fraction of sp³-hybridized carbons (Fsp3) is 0.688. The first kappa shape index (κ1) is 37.8. The molecule has 0 aliphatic carbocycles. The molecule has 0 aliphatic heterocycles. The minimum Gasteiger partial charge on any atom is -0.488 e. The highest BCUT2D eigenvalue weighted by Crippen LogP contribution is 2.22. The van der Waals surface area contributed by atoms with E-state index in [0.29, 0.717) is 57.4 Å². The van der Waals surface area contributed by atoms with Gasteiger partial charge >= 0.3 is 12.1 Å². The molecular weight excluding hydrogens is 552 g/mol. The molecule has 0 fully saturated rings. The number of hydrogen-bond acceptors (Lipinski definition) is 9. The molecule has 0 bridgehead atoms. The molecule has 1 aromatic rings. The Bertz CT molecular complexity index is 1020. The van der Waals surface area contributed by atoms with Gasteiger partial charge in [-0.05, 0) is 117 Å². The fourth-order valence-electron chi connectivity index (χ4n) is 4.40. The van der Waals surface area contributed by atoms with Crippen LogP contribution in [0, 0.1) is 5.92 Å². The molecule has 0 saturated carbocycles. The lowest BCUT2D eigenvalue weighted by Gasteiger charge is -2.25. The Balaban J connectivity index is 3.25. The first-order valence-corrected chi connectivity index (χ1v) is 15.2. The Morgan fingerprint density at radius 2 is 1.35 bits per heavy atom. The number of benzene rings is 1. The monoisotopic (exact) mass is 606 g/mol. The summed E-state index contributed by atoms with van der Waals surface area (Å²) < 4.78 is 16.2. The smallest absolute Gasteiger partial charge is 0.408 e. The van der Waals surface area contributed by atoms with Crippen molar-refractivity contribution in [1.29, 1.82) is 0 Å². The molecular formula is C32H54N4O7. The van der Waals surface area contributed by atoms with Crippen LogP contribution in [0.2, 0.25) is 0 Å². The topological polar surface area (TPSA) is 172 Å². The molecule has 3 atom stereocenters. The molecule has 6 N–H and O–H groups in total. The first-order chi connectivity index (χ1) is 20.1. The SMILES string of the molecule is COC(=O)C(CCCCN)NC(=O)[C@@H](CC(=O)[C@H](CCCCN)NC(=O)OC(C)(C)C)Cc1ccc(OC(C)(C)C)cc1. The van der Waals surface area contributed by atoms with Gasteiger partial charge in [0.05, 0.1) is 13.2 Å². The van der Waals surface area contributed by atoms with Gasteiger partial charge in [-0.1, -0.05) is 12.1 Å². The van der Waals surface area contributed by atoms with Crippen LogP contribution >= 0.6 is 0 Å². The normalized spacial score (nSPS) is 13.8. The minimum absolute atomic E-state index is 0.161. The highest BCUT2D eigenvalue weighted by Gasteiger charge is 2.31. The molecule has 0 heterocycles. The quantitative estimate of drug-likeness (QED) is 0.143. The lowest BCUT2D eigenvalue weighted by Crippen LogP contribution is -2.47. The Kier molecular flexibility index (Phi) is 16.3. The van der Waals surface area contributed by atoms with E-state index in [9.17, 15) is 19.2 Å². The van der Waals surface area contributed by atoms with Crippen LogP contribution in [0.5, 0.6) is 5.75 Å². The average Bonchev–Trinajstić information content (AvgIpc) is 2.90. The standard InChI is InChI=1S/C32H54N4O7/c1-31(2,3)42-24-16-14-22(15-17-24)20-23(28(38)35-26(29(39)41-7)13-9-11-19-34)21-27(37)25(12-8-10-18-33)36-30(40)43-32(4,5)6/h14-17,23,25-26H,8-13,18-21,33-34H2,1-7H3,(H,35,38)(H,36,40)/t23-,25+,26?/m1/s1. The second-order valence-corrected chi connectivity index (χ2v) is 12.8. The summed E-state index contributed by atoms with van der Waals surface area (Å²) in [5, 5.41) is 5.48. The van der Waals surface area contributed by atoms with Crippen LogP contribution in [0.4, 0.5) is 4.79 Å². The van der Waals surface area contributed by atoms with E-state index in [-0.39, 0.29) is 24.2 Å². The van der Waals surface area contributed by atoms with E-state index in [0.717, 1.165) is 5.56 Å². The third-order valence-corrected chi connectivity index (χ3v) is 6.42. The number of amides is 2. The van der Waals surface area contributed by atoms with Crippen molar-refractivity contribution in [2.24, 2.45) is 17.4 Å². The Labute approximate surface area is 257 Å². The van der Waals surface area contributed by atoms with Gasteiger partial charge in [-0.15, -0.1) is 0 Å². The number of ketones is 1. The highest BCUT2D eigenvalue weighted by molar-refractivity contribution is 5.93. The van der Waals surface area contributed by atoms with E-state index in [4.69, 9.17) is 25.7 Å². The number of esters is 1. The van der Waals surface area contributed by atoms with Gasteiger partial charge in [0.2, 0.25) is 5.91 Å². The summed E-state index contributed by atoms with van der Waals surface area (Å²) in [7, 11) is 1.26. The molecule has 0 radical (unpaired) electrons. The van der Waals surface area contributed by atoms with Gasteiger partial charge in [0, 0.05) is 12.3 Å². The molecule has 43 heavy (non-hydrogen) atoms. The van der Waals surface area contributed by atoms with E-state index < -0.39 is 41.6 Å². The summed E-state index contributed by atoms with van der Waals surface area (Å²) in [6.45, 7) is 12.0. The maximum atomic E-state index is 13.6. The molecule has 1 rings (SSSR count). The zero-order valence-electron chi connectivity index (χ0n) is 27.1.